The molecular weight excluding hydrogens is 236 g/mol. The lowest BCUT2D eigenvalue weighted by molar-refractivity contribution is -0.385. The molecule has 6 heteroatoms. The van der Waals surface area contributed by atoms with Gasteiger partial charge in [-0.05, 0) is 32.4 Å². The minimum absolute atomic E-state index is 0.00177. The highest BCUT2D eigenvalue weighted by Gasteiger charge is 2.12. The Hall–Kier alpha value is -1.66. The second-order valence-corrected chi connectivity index (χ2v) is 4.83. The molecule has 0 spiro atoms. The van der Waals surface area contributed by atoms with Crippen LogP contribution in [0.4, 0.5) is 5.69 Å². The summed E-state index contributed by atoms with van der Waals surface area (Å²) in [6.07, 6.45) is 0. The van der Waals surface area contributed by atoms with Crippen molar-refractivity contribution in [3.63, 3.8) is 0 Å². The average molecular weight is 254 g/mol. The van der Waals surface area contributed by atoms with Crippen molar-refractivity contribution in [3.05, 3.63) is 33.9 Å². The second kappa shape index (κ2) is 5.79. The predicted molar refractivity (Wildman–Crippen MR) is 67.3 cm³/mol. The highest BCUT2D eigenvalue weighted by atomic mass is 16.7. The number of nitro benzene ring substituents is 1. The van der Waals surface area contributed by atoms with E-state index >= 15 is 0 Å². The third-order valence-electron chi connectivity index (χ3n) is 2.05. The molecule has 0 aromatic heterocycles. The Morgan fingerprint density at radius 3 is 2.50 bits per heavy atom. The van der Waals surface area contributed by atoms with E-state index in [0.717, 1.165) is 5.56 Å². The first kappa shape index (κ1) is 14.4. The van der Waals surface area contributed by atoms with Crippen molar-refractivity contribution in [3.8, 4) is 5.75 Å². The van der Waals surface area contributed by atoms with Crippen LogP contribution in [0.3, 0.4) is 0 Å². The molecule has 0 bridgehead atoms. The van der Waals surface area contributed by atoms with Gasteiger partial charge < -0.3 is 4.74 Å². The van der Waals surface area contributed by atoms with Crippen LogP contribution in [0.5, 0.6) is 5.75 Å². The van der Waals surface area contributed by atoms with E-state index in [1.165, 1.54) is 19.2 Å². The van der Waals surface area contributed by atoms with Crippen LogP contribution < -0.4 is 10.2 Å². The summed E-state index contributed by atoms with van der Waals surface area (Å²) in [6, 6.07) is 4.60. The molecule has 18 heavy (non-hydrogen) atoms. The summed E-state index contributed by atoms with van der Waals surface area (Å²) in [5.74, 6) is 0.455. The molecule has 0 atom stereocenters. The van der Waals surface area contributed by atoms with Gasteiger partial charge in [-0.2, -0.15) is 5.48 Å². The van der Waals surface area contributed by atoms with Gasteiger partial charge in [-0.1, -0.05) is 0 Å². The molecule has 0 fully saturated rings. The monoisotopic (exact) mass is 254 g/mol. The minimum atomic E-state index is -0.448. The number of hydrogen-bond acceptors (Lipinski definition) is 5. The first-order valence-corrected chi connectivity index (χ1v) is 5.55. The highest BCUT2D eigenvalue weighted by molar-refractivity contribution is 5.42. The molecule has 0 saturated heterocycles. The maximum atomic E-state index is 10.8. The minimum Gasteiger partial charge on any atom is -0.496 e. The number of nitrogens with one attached hydrogen (secondary N) is 1. The van der Waals surface area contributed by atoms with Crippen LogP contribution in [-0.2, 0) is 11.4 Å². The van der Waals surface area contributed by atoms with E-state index in [4.69, 9.17) is 9.57 Å². The number of rotatable bonds is 5. The molecule has 1 N–H and O–H groups in total. The molecule has 0 saturated carbocycles. The maximum absolute atomic E-state index is 10.8. The first-order valence-electron chi connectivity index (χ1n) is 5.55. The third-order valence-corrected chi connectivity index (χ3v) is 2.05. The maximum Gasteiger partial charge on any atom is 0.273 e. The molecule has 100 valence electrons. The van der Waals surface area contributed by atoms with E-state index in [0.29, 0.717) is 12.3 Å². The zero-order chi connectivity index (χ0) is 13.8. The lowest BCUT2D eigenvalue weighted by atomic mass is 10.2. The molecule has 0 aliphatic carbocycles. The number of non-ortho nitro benzene ring substituents is 1. The van der Waals surface area contributed by atoms with Gasteiger partial charge in [0.2, 0.25) is 0 Å². The van der Waals surface area contributed by atoms with Crippen LogP contribution >= 0.6 is 0 Å². The Kier molecular flexibility index (Phi) is 4.63. The Morgan fingerprint density at radius 2 is 2.00 bits per heavy atom. The van der Waals surface area contributed by atoms with Crippen molar-refractivity contribution in [1.82, 2.24) is 5.48 Å². The summed E-state index contributed by atoms with van der Waals surface area (Å²) in [5.41, 5.74) is 3.20. The van der Waals surface area contributed by atoms with Crippen LogP contribution in [0.25, 0.3) is 0 Å². The first-order chi connectivity index (χ1) is 8.31. The summed E-state index contributed by atoms with van der Waals surface area (Å²) >= 11 is 0. The van der Waals surface area contributed by atoms with Crippen molar-refractivity contribution in [2.75, 3.05) is 7.11 Å². The Bertz CT molecular complexity index is 427. The van der Waals surface area contributed by atoms with E-state index in [9.17, 15) is 10.1 Å². The zero-order valence-electron chi connectivity index (χ0n) is 11.0. The lowest BCUT2D eigenvalue weighted by Gasteiger charge is -2.19. The fourth-order valence-corrected chi connectivity index (χ4v) is 1.30. The highest BCUT2D eigenvalue weighted by Crippen LogP contribution is 2.22. The van der Waals surface area contributed by atoms with Gasteiger partial charge in [-0.25, -0.2) is 0 Å². The van der Waals surface area contributed by atoms with Crippen molar-refractivity contribution in [2.45, 2.75) is 32.9 Å². The summed E-state index contributed by atoms with van der Waals surface area (Å²) in [6.45, 7) is 6.10. The fourth-order valence-electron chi connectivity index (χ4n) is 1.30. The van der Waals surface area contributed by atoms with Gasteiger partial charge in [0.1, 0.15) is 5.75 Å². The van der Waals surface area contributed by atoms with E-state index in [-0.39, 0.29) is 11.3 Å². The molecule has 0 aliphatic rings. The van der Waals surface area contributed by atoms with Gasteiger partial charge in [0.05, 0.1) is 23.7 Å². The number of nitro groups is 1. The lowest BCUT2D eigenvalue weighted by Crippen LogP contribution is -2.28. The standard InChI is InChI=1S/C12H18N2O4/c1-12(2,3)18-13-8-9-5-10(14(15)16)7-11(6-9)17-4/h5-7,13H,8H2,1-4H3. The van der Waals surface area contributed by atoms with E-state index in [1.807, 2.05) is 20.8 Å². The van der Waals surface area contributed by atoms with Gasteiger partial charge >= 0.3 is 0 Å². The zero-order valence-corrected chi connectivity index (χ0v) is 11.0. The largest absolute Gasteiger partial charge is 0.496 e. The quantitative estimate of drug-likeness (QED) is 0.645. The van der Waals surface area contributed by atoms with E-state index in [1.54, 1.807) is 6.07 Å². The normalized spacial score (nSPS) is 11.3. The topological polar surface area (TPSA) is 73.6 Å². The molecule has 6 nitrogen and oxygen atoms in total. The summed E-state index contributed by atoms with van der Waals surface area (Å²) in [5, 5.41) is 10.8. The number of hydroxylamine groups is 1. The van der Waals surface area contributed by atoms with Crippen LogP contribution in [0.2, 0.25) is 0 Å². The number of hydrogen-bond donors (Lipinski definition) is 1. The number of ether oxygens (including phenoxy) is 1. The molecular formula is C12H18N2O4. The Balaban J connectivity index is 2.76. The molecule has 0 amide bonds. The molecule has 0 radical (unpaired) electrons. The molecule has 0 heterocycles. The van der Waals surface area contributed by atoms with Crippen LogP contribution in [-0.4, -0.2) is 17.6 Å². The van der Waals surface area contributed by atoms with Gasteiger partial charge in [-0.15, -0.1) is 0 Å². The molecule has 1 aromatic carbocycles. The van der Waals surface area contributed by atoms with E-state index in [2.05, 4.69) is 5.48 Å². The summed E-state index contributed by atoms with van der Waals surface area (Å²) in [4.78, 5) is 15.7. The molecule has 1 rings (SSSR count). The number of methoxy groups -OCH3 is 1. The molecule has 1 aromatic rings. The second-order valence-electron chi connectivity index (χ2n) is 4.83. The summed E-state index contributed by atoms with van der Waals surface area (Å²) < 4.78 is 5.02. The SMILES string of the molecule is COc1cc(CNOC(C)(C)C)cc([N+](=O)[O-])c1. The smallest absolute Gasteiger partial charge is 0.273 e. The predicted octanol–water partition coefficient (Wildman–Crippen LogP) is 2.42. The van der Waals surface area contributed by atoms with Crippen molar-refractivity contribution in [2.24, 2.45) is 0 Å². The van der Waals surface area contributed by atoms with Crippen molar-refractivity contribution >= 4 is 5.69 Å². The number of benzene rings is 1. The Labute approximate surface area is 106 Å². The van der Waals surface area contributed by atoms with Crippen molar-refractivity contribution < 1.29 is 14.5 Å². The third kappa shape index (κ3) is 4.68. The average Bonchev–Trinajstić information content (AvgIpc) is 2.26. The van der Waals surface area contributed by atoms with Crippen LogP contribution in [0, 0.1) is 10.1 Å². The van der Waals surface area contributed by atoms with Crippen LogP contribution in [0.15, 0.2) is 18.2 Å². The van der Waals surface area contributed by atoms with Gasteiger partial charge in [0.15, 0.2) is 0 Å². The number of nitrogens with zero attached hydrogens (tertiary/aromatic N) is 1. The fraction of sp³-hybridized carbons (Fsp3) is 0.500. The Morgan fingerprint density at radius 1 is 1.33 bits per heavy atom. The summed E-state index contributed by atoms with van der Waals surface area (Å²) in [7, 11) is 1.47. The molecule has 0 unspecified atom stereocenters. The van der Waals surface area contributed by atoms with Gasteiger partial charge in [-0.3, -0.25) is 15.0 Å². The van der Waals surface area contributed by atoms with E-state index < -0.39 is 4.92 Å². The molecule has 0 aliphatic heterocycles. The van der Waals surface area contributed by atoms with Gasteiger partial charge in [0, 0.05) is 12.6 Å². The van der Waals surface area contributed by atoms with Gasteiger partial charge in [0.25, 0.3) is 5.69 Å². The van der Waals surface area contributed by atoms with Crippen LogP contribution in [0.1, 0.15) is 26.3 Å². The van der Waals surface area contributed by atoms with Crippen molar-refractivity contribution in [1.29, 1.82) is 0 Å².